The molecule has 1 atom stereocenters. The van der Waals surface area contributed by atoms with Gasteiger partial charge >= 0.3 is 0 Å². The van der Waals surface area contributed by atoms with E-state index in [-0.39, 0.29) is 5.60 Å². The molecule has 4 heteroatoms. The summed E-state index contributed by atoms with van der Waals surface area (Å²) in [5.41, 5.74) is -0.0154. The summed E-state index contributed by atoms with van der Waals surface area (Å²) < 4.78 is 16.7. The Kier molecular flexibility index (Phi) is 4.98. The van der Waals surface area contributed by atoms with Crippen LogP contribution in [0.4, 0.5) is 0 Å². The van der Waals surface area contributed by atoms with Crippen molar-refractivity contribution in [3.63, 3.8) is 0 Å². The summed E-state index contributed by atoms with van der Waals surface area (Å²) in [5.74, 6) is 0. The highest BCUT2D eigenvalue weighted by molar-refractivity contribution is 6.71. The average Bonchev–Trinajstić information content (AvgIpc) is 2.82. The number of rotatable bonds is 7. The minimum absolute atomic E-state index is 0.0154. The van der Waals surface area contributed by atoms with E-state index >= 15 is 0 Å². The lowest BCUT2D eigenvalue weighted by atomic mass is 10.2. The van der Waals surface area contributed by atoms with Crippen LogP contribution in [0, 0.1) is 0 Å². The molecule has 0 spiro atoms. The maximum absolute atomic E-state index is 6.12. The first-order valence-electron chi connectivity index (χ1n) is 6.18. The molecule has 1 fully saturated rings. The van der Waals surface area contributed by atoms with Gasteiger partial charge in [-0.15, -0.1) is 0 Å². The van der Waals surface area contributed by atoms with Crippen molar-refractivity contribution >= 4 is 8.32 Å². The second-order valence-electron chi connectivity index (χ2n) is 6.11. The first-order chi connectivity index (χ1) is 7.29. The fourth-order valence-corrected chi connectivity index (χ4v) is 4.61. The van der Waals surface area contributed by atoms with E-state index in [2.05, 4.69) is 33.9 Å². The van der Waals surface area contributed by atoms with Crippen LogP contribution in [0.25, 0.3) is 0 Å². The molecule has 0 bridgehead atoms. The summed E-state index contributed by atoms with van der Waals surface area (Å²) in [6, 6.07) is 1.16. The number of hydrogen-bond donors (Lipinski definition) is 0. The molecule has 0 aromatic carbocycles. The summed E-state index contributed by atoms with van der Waals surface area (Å²) >= 11 is 0. The number of ether oxygens (including phenoxy) is 2. The van der Waals surface area contributed by atoms with Crippen LogP contribution in [-0.2, 0) is 13.9 Å². The second-order valence-corrected chi connectivity index (χ2v) is 10.3. The first-order valence-corrected chi connectivity index (χ1v) is 9.30. The molecule has 1 aliphatic heterocycles. The number of hydrogen-bond acceptors (Lipinski definition) is 3. The van der Waals surface area contributed by atoms with Crippen molar-refractivity contribution in [3.05, 3.63) is 0 Å². The fraction of sp³-hybridized carbons (Fsp3) is 1.00. The Balaban J connectivity index is 2.04. The maximum atomic E-state index is 6.12. The third kappa shape index (κ3) is 7.38. The van der Waals surface area contributed by atoms with Crippen molar-refractivity contribution in [3.8, 4) is 0 Å². The molecular formula is C12H26O3Si. The molecule has 0 N–H and O–H groups in total. The molecule has 1 heterocycles. The van der Waals surface area contributed by atoms with Gasteiger partial charge in [-0.1, -0.05) is 0 Å². The topological polar surface area (TPSA) is 31.0 Å². The average molecular weight is 246 g/mol. The van der Waals surface area contributed by atoms with E-state index < -0.39 is 8.32 Å². The summed E-state index contributed by atoms with van der Waals surface area (Å²) in [7, 11) is -1.51. The van der Waals surface area contributed by atoms with Gasteiger partial charge in [-0.05, 0) is 46.3 Å². The highest BCUT2D eigenvalue weighted by Gasteiger charge is 2.28. The normalized spacial score (nSPS) is 21.2. The van der Waals surface area contributed by atoms with E-state index in [1.807, 2.05) is 0 Å². The molecule has 0 radical (unpaired) electrons. The zero-order valence-corrected chi connectivity index (χ0v) is 12.3. The lowest BCUT2D eigenvalue weighted by Crippen LogP contribution is -2.39. The Morgan fingerprint density at radius 1 is 1.31 bits per heavy atom. The molecule has 1 unspecified atom stereocenters. The lowest BCUT2D eigenvalue weighted by molar-refractivity contribution is 0.107. The van der Waals surface area contributed by atoms with Gasteiger partial charge in [-0.25, -0.2) is 0 Å². The Labute approximate surface area is 101 Å². The molecule has 96 valence electrons. The zero-order chi connectivity index (χ0) is 12.2. The quantitative estimate of drug-likeness (QED) is 0.393. The Morgan fingerprint density at radius 3 is 2.44 bits per heavy atom. The molecule has 16 heavy (non-hydrogen) atoms. The minimum atomic E-state index is -1.51. The third-order valence-electron chi connectivity index (χ3n) is 2.36. The molecule has 0 saturated carbocycles. The minimum Gasteiger partial charge on any atom is -0.413 e. The largest absolute Gasteiger partial charge is 0.413 e. The van der Waals surface area contributed by atoms with Gasteiger partial charge in [0.05, 0.1) is 13.2 Å². The van der Waals surface area contributed by atoms with Gasteiger partial charge in [0.2, 0.25) is 0 Å². The van der Waals surface area contributed by atoms with Crippen LogP contribution in [0.2, 0.25) is 19.1 Å². The van der Waals surface area contributed by atoms with Gasteiger partial charge in [-0.2, -0.15) is 0 Å². The highest BCUT2D eigenvalue weighted by atomic mass is 28.4. The lowest BCUT2D eigenvalue weighted by Gasteiger charge is -2.32. The molecule has 0 amide bonds. The van der Waals surface area contributed by atoms with Crippen LogP contribution in [-0.4, -0.2) is 39.8 Å². The second kappa shape index (κ2) is 5.62. The fourth-order valence-electron chi connectivity index (χ4n) is 1.86. The molecular weight excluding hydrogens is 220 g/mol. The molecule has 1 saturated heterocycles. The third-order valence-corrected chi connectivity index (χ3v) is 5.08. The van der Waals surface area contributed by atoms with Crippen LogP contribution in [0.1, 0.15) is 27.2 Å². The zero-order valence-electron chi connectivity index (χ0n) is 11.3. The molecule has 0 aromatic heterocycles. The van der Waals surface area contributed by atoms with Crippen LogP contribution in [0.3, 0.4) is 0 Å². The van der Waals surface area contributed by atoms with Crippen molar-refractivity contribution in [2.24, 2.45) is 0 Å². The van der Waals surface area contributed by atoms with Crippen molar-refractivity contribution in [1.82, 2.24) is 0 Å². The van der Waals surface area contributed by atoms with E-state index in [9.17, 15) is 0 Å². The summed E-state index contributed by atoms with van der Waals surface area (Å²) in [6.45, 7) is 13.4. The summed E-state index contributed by atoms with van der Waals surface area (Å²) in [5, 5.41) is 0. The van der Waals surface area contributed by atoms with Gasteiger partial charge in [0, 0.05) is 12.2 Å². The standard InChI is InChI=1S/C12H26O3Si/c1-12(2,3)15-16(4,5)8-6-7-13-9-11-10-14-11/h11H,6-10H2,1-5H3. The van der Waals surface area contributed by atoms with Crippen molar-refractivity contribution in [2.45, 2.75) is 58.0 Å². The van der Waals surface area contributed by atoms with E-state index in [0.717, 1.165) is 32.3 Å². The smallest absolute Gasteiger partial charge is 0.187 e. The Bertz CT molecular complexity index is 207. The predicted molar refractivity (Wildman–Crippen MR) is 68.3 cm³/mol. The van der Waals surface area contributed by atoms with Crippen LogP contribution < -0.4 is 0 Å². The van der Waals surface area contributed by atoms with Gasteiger partial charge in [0.1, 0.15) is 6.10 Å². The van der Waals surface area contributed by atoms with Gasteiger partial charge in [0.15, 0.2) is 8.32 Å². The number of epoxide rings is 1. The summed E-state index contributed by atoms with van der Waals surface area (Å²) in [6.07, 6.45) is 1.48. The Hall–Kier alpha value is 0.0969. The monoisotopic (exact) mass is 246 g/mol. The summed E-state index contributed by atoms with van der Waals surface area (Å²) in [4.78, 5) is 0. The predicted octanol–water partition coefficient (Wildman–Crippen LogP) is 2.81. The van der Waals surface area contributed by atoms with Gasteiger partial charge in [-0.3, -0.25) is 0 Å². The SMILES string of the molecule is CC(C)(C)O[Si](C)(C)CCCOCC1CO1. The molecule has 0 aromatic rings. The van der Waals surface area contributed by atoms with Crippen LogP contribution in [0.5, 0.6) is 0 Å². The molecule has 0 aliphatic carbocycles. The van der Waals surface area contributed by atoms with Crippen LogP contribution in [0.15, 0.2) is 0 Å². The van der Waals surface area contributed by atoms with Crippen LogP contribution >= 0.6 is 0 Å². The molecule has 3 nitrogen and oxygen atoms in total. The van der Waals surface area contributed by atoms with E-state index in [1.54, 1.807) is 0 Å². The van der Waals surface area contributed by atoms with Gasteiger partial charge in [0.25, 0.3) is 0 Å². The maximum Gasteiger partial charge on any atom is 0.187 e. The van der Waals surface area contributed by atoms with E-state index in [0.29, 0.717) is 6.10 Å². The van der Waals surface area contributed by atoms with E-state index in [1.165, 1.54) is 0 Å². The highest BCUT2D eigenvalue weighted by Crippen LogP contribution is 2.21. The molecule has 1 aliphatic rings. The van der Waals surface area contributed by atoms with Crippen molar-refractivity contribution in [1.29, 1.82) is 0 Å². The Morgan fingerprint density at radius 2 is 1.94 bits per heavy atom. The van der Waals surface area contributed by atoms with Crippen molar-refractivity contribution in [2.75, 3.05) is 19.8 Å². The molecule has 1 rings (SSSR count). The first kappa shape index (κ1) is 14.2. The van der Waals surface area contributed by atoms with Crippen molar-refractivity contribution < 1.29 is 13.9 Å². The van der Waals surface area contributed by atoms with E-state index in [4.69, 9.17) is 13.9 Å². The van der Waals surface area contributed by atoms with Gasteiger partial charge < -0.3 is 13.9 Å².